The summed E-state index contributed by atoms with van der Waals surface area (Å²) in [5.74, 6) is 0.968. The molecule has 1 N–H and O–H groups in total. The van der Waals surface area contributed by atoms with Crippen molar-refractivity contribution in [1.82, 2.24) is 10.2 Å². The summed E-state index contributed by atoms with van der Waals surface area (Å²) in [6.07, 6.45) is 4.31. The summed E-state index contributed by atoms with van der Waals surface area (Å²) < 4.78 is 1.10. The van der Waals surface area contributed by atoms with Crippen LogP contribution in [0.5, 0.6) is 0 Å². The lowest BCUT2D eigenvalue weighted by atomic mass is 9.90. The third-order valence-electron chi connectivity index (χ3n) is 5.17. The predicted molar refractivity (Wildman–Crippen MR) is 97.0 cm³/mol. The standard InChI is InChI=1S/C19H23BrN2O/c1-11-5-4-6-16(11)18-10-15(21-22-19(18)23)9-17-12(2)7-14(20)8-13(17)3/h7-8,10-11,16H,4-6,9H2,1-3H3,(H,22,23). The van der Waals surface area contributed by atoms with Crippen LogP contribution >= 0.6 is 15.9 Å². The number of aromatic amines is 1. The van der Waals surface area contributed by atoms with Gasteiger partial charge in [-0.1, -0.05) is 35.7 Å². The zero-order valence-corrected chi connectivity index (χ0v) is 15.5. The van der Waals surface area contributed by atoms with E-state index in [1.165, 1.54) is 29.5 Å². The molecule has 1 saturated carbocycles. The summed E-state index contributed by atoms with van der Waals surface area (Å²) in [4.78, 5) is 12.2. The molecular formula is C19H23BrN2O. The molecule has 23 heavy (non-hydrogen) atoms. The van der Waals surface area contributed by atoms with Gasteiger partial charge in [0.15, 0.2) is 0 Å². The number of nitrogens with one attached hydrogen (secondary N) is 1. The average molecular weight is 375 g/mol. The largest absolute Gasteiger partial charge is 0.268 e. The van der Waals surface area contributed by atoms with Crippen molar-refractivity contribution in [1.29, 1.82) is 0 Å². The maximum absolute atomic E-state index is 12.2. The highest BCUT2D eigenvalue weighted by molar-refractivity contribution is 9.10. The Labute approximate surface area is 145 Å². The van der Waals surface area contributed by atoms with Gasteiger partial charge in [-0.15, -0.1) is 0 Å². The Morgan fingerprint density at radius 3 is 2.52 bits per heavy atom. The van der Waals surface area contributed by atoms with Gasteiger partial charge < -0.3 is 0 Å². The second-order valence-electron chi connectivity index (χ2n) is 6.85. The summed E-state index contributed by atoms with van der Waals surface area (Å²) in [6.45, 7) is 6.50. The molecule has 1 fully saturated rings. The predicted octanol–water partition coefficient (Wildman–Crippen LogP) is 4.64. The fourth-order valence-electron chi connectivity index (χ4n) is 3.84. The second-order valence-corrected chi connectivity index (χ2v) is 7.77. The summed E-state index contributed by atoms with van der Waals surface area (Å²) in [5, 5.41) is 7.01. The highest BCUT2D eigenvalue weighted by Crippen LogP contribution is 2.38. The zero-order valence-electron chi connectivity index (χ0n) is 13.9. The molecule has 122 valence electrons. The van der Waals surface area contributed by atoms with Gasteiger partial charge in [-0.25, -0.2) is 5.10 Å². The summed E-state index contributed by atoms with van der Waals surface area (Å²) in [6, 6.07) is 6.30. The smallest absolute Gasteiger partial charge is 0.267 e. The van der Waals surface area contributed by atoms with Gasteiger partial charge in [0.1, 0.15) is 0 Å². The number of hydrogen-bond donors (Lipinski definition) is 1. The van der Waals surface area contributed by atoms with Crippen molar-refractivity contribution in [2.45, 2.75) is 52.4 Å². The van der Waals surface area contributed by atoms with E-state index in [4.69, 9.17) is 0 Å². The molecule has 1 aromatic heterocycles. The molecule has 0 radical (unpaired) electrons. The van der Waals surface area contributed by atoms with Crippen molar-refractivity contribution in [2.24, 2.45) is 5.92 Å². The quantitative estimate of drug-likeness (QED) is 0.849. The van der Waals surface area contributed by atoms with Crippen LogP contribution in [0.15, 0.2) is 27.5 Å². The number of benzene rings is 1. The van der Waals surface area contributed by atoms with Crippen LogP contribution in [0.3, 0.4) is 0 Å². The molecule has 3 nitrogen and oxygen atoms in total. The van der Waals surface area contributed by atoms with Crippen LogP contribution in [0.2, 0.25) is 0 Å². The lowest BCUT2D eigenvalue weighted by Gasteiger charge is -2.16. The van der Waals surface area contributed by atoms with Crippen LogP contribution in [-0.2, 0) is 6.42 Å². The Morgan fingerprint density at radius 1 is 1.22 bits per heavy atom. The van der Waals surface area contributed by atoms with Gasteiger partial charge >= 0.3 is 0 Å². The molecule has 1 aliphatic rings. The Bertz CT molecular complexity index is 758. The number of halogens is 1. The normalized spacial score (nSPS) is 20.9. The molecule has 0 spiro atoms. The highest BCUT2D eigenvalue weighted by Gasteiger charge is 2.27. The molecule has 2 unspecified atom stereocenters. The Balaban J connectivity index is 1.94. The van der Waals surface area contributed by atoms with E-state index >= 15 is 0 Å². The van der Waals surface area contributed by atoms with Gasteiger partial charge in [0.2, 0.25) is 0 Å². The summed E-state index contributed by atoms with van der Waals surface area (Å²) >= 11 is 3.54. The molecule has 0 amide bonds. The van der Waals surface area contributed by atoms with Crippen LogP contribution in [0, 0.1) is 19.8 Å². The van der Waals surface area contributed by atoms with Crippen molar-refractivity contribution in [3.05, 3.63) is 61.0 Å². The third kappa shape index (κ3) is 3.42. The molecule has 1 aromatic carbocycles. The van der Waals surface area contributed by atoms with E-state index in [1.807, 2.05) is 6.07 Å². The first-order valence-corrected chi connectivity index (χ1v) is 9.09. The van der Waals surface area contributed by atoms with E-state index in [9.17, 15) is 4.79 Å². The summed E-state index contributed by atoms with van der Waals surface area (Å²) in [5.41, 5.74) is 5.65. The molecule has 4 heteroatoms. The van der Waals surface area contributed by atoms with Gasteiger partial charge in [0.25, 0.3) is 5.56 Å². The molecule has 0 aliphatic heterocycles. The van der Waals surface area contributed by atoms with Gasteiger partial charge in [0.05, 0.1) is 5.69 Å². The number of H-pyrrole nitrogens is 1. The van der Waals surface area contributed by atoms with Crippen LogP contribution in [0.25, 0.3) is 0 Å². The fourth-order valence-corrected chi connectivity index (χ4v) is 4.53. The van der Waals surface area contributed by atoms with Crippen molar-refractivity contribution in [3.8, 4) is 0 Å². The van der Waals surface area contributed by atoms with E-state index in [-0.39, 0.29) is 5.56 Å². The molecule has 3 rings (SSSR count). The maximum atomic E-state index is 12.2. The maximum Gasteiger partial charge on any atom is 0.267 e. The first-order chi connectivity index (χ1) is 11.0. The van der Waals surface area contributed by atoms with E-state index in [0.717, 1.165) is 28.6 Å². The van der Waals surface area contributed by atoms with Crippen molar-refractivity contribution >= 4 is 15.9 Å². The Morgan fingerprint density at radius 2 is 1.91 bits per heavy atom. The van der Waals surface area contributed by atoms with Crippen LogP contribution in [-0.4, -0.2) is 10.2 Å². The topological polar surface area (TPSA) is 45.8 Å². The number of aromatic nitrogens is 2. The SMILES string of the molecule is Cc1cc(Br)cc(C)c1Cc1cc(C2CCCC2C)c(=O)[nH]n1. The van der Waals surface area contributed by atoms with Gasteiger partial charge in [-0.2, -0.15) is 5.10 Å². The number of hydrogen-bond acceptors (Lipinski definition) is 2. The van der Waals surface area contributed by atoms with E-state index in [0.29, 0.717) is 11.8 Å². The average Bonchev–Trinajstić information content (AvgIpc) is 2.90. The lowest BCUT2D eigenvalue weighted by Crippen LogP contribution is -2.20. The Hall–Kier alpha value is -1.42. The van der Waals surface area contributed by atoms with Crippen LogP contribution < -0.4 is 5.56 Å². The fraction of sp³-hybridized carbons (Fsp3) is 0.474. The van der Waals surface area contributed by atoms with E-state index in [2.05, 4.69) is 59.0 Å². The molecular weight excluding hydrogens is 352 g/mol. The number of rotatable bonds is 3. The third-order valence-corrected chi connectivity index (χ3v) is 5.62. The van der Waals surface area contributed by atoms with Gasteiger partial charge in [-0.05, 0) is 67.0 Å². The molecule has 2 atom stereocenters. The molecule has 0 saturated heterocycles. The van der Waals surface area contributed by atoms with Gasteiger partial charge in [0, 0.05) is 16.5 Å². The number of aryl methyl sites for hydroxylation is 2. The number of nitrogens with zero attached hydrogens (tertiary/aromatic N) is 1. The van der Waals surface area contributed by atoms with Crippen molar-refractivity contribution < 1.29 is 0 Å². The molecule has 1 heterocycles. The van der Waals surface area contributed by atoms with Crippen molar-refractivity contribution in [2.75, 3.05) is 0 Å². The highest BCUT2D eigenvalue weighted by atomic mass is 79.9. The zero-order chi connectivity index (χ0) is 16.6. The van der Waals surface area contributed by atoms with Crippen molar-refractivity contribution in [3.63, 3.8) is 0 Å². The lowest BCUT2D eigenvalue weighted by molar-refractivity contribution is 0.526. The van der Waals surface area contributed by atoms with Gasteiger partial charge in [-0.3, -0.25) is 4.79 Å². The minimum Gasteiger partial charge on any atom is -0.268 e. The Kier molecular flexibility index (Phi) is 4.72. The van der Waals surface area contributed by atoms with Crippen LogP contribution in [0.4, 0.5) is 0 Å². The first-order valence-electron chi connectivity index (χ1n) is 8.30. The monoisotopic (exact) mass is 374 g/mol. The van der Waals surface area contributed by atoms with Crippen LogP contribution in [0.1, 0.15) is 60.1 Å². The van der Waals surface area contributed by atoms with E-state index in [1.54, 1.807) is 0 Å². The first kappa shape index (κ1) is 16.4. The minimum absolute atomic E-state index is 0.0169. The summed E-state index contributed by atoms with van der Waals surface area (Å²) in [7, 11) is 0. The minimum atomic E-state index is -0.0169. The molecule has 1 aliphatic carbocycles. The molecule has 0 bridgehead atoms. The second kappa shape index (κ2) is 6.60. The van der Waals surface area contributed by atoms with E-state index < -0.39 is 0 Å². The molecule has 2 aromatic rings.